The van der Waals surface area contributed by atoms with E-state index in [0.717, 1.165) is 38.8 Å². The fourth-order valence-electron chi connectivity index (χ4n) is 8.72. The Morgan fingerprint density at radius 2 is 1.77 bits per heavy atom. The molecule has 3 aromatic carbocycles. The van der Waals surface area contributed by atoms with E-state index in [1.165, 1.54) is 18.1 Å². The van der Waals surface area contributed by atoms with Gasteiger partial charge in [-0.1, -0.05) is 23.7 Å². The summed E-state index contributed by atoms with van der Waals surface area (Å²) < 4.78 is 65.8. The predicted molar refractivity (Wildman–Crippen MR) is 215 cm³/mol. The van der Waals surface area contributed by atoms with Gasteiger partial charge in [0.15, 0.2) is 28.9 Å². The number of nitrogens with one attached hydrogen (secondary N) is 3. The fourth-order valence-corrected chi connectivity index (χ4v) is 8.82. The van der Waals surface area contributed by atoms with Crippen molar-refractivity contribution in [2.24, 2.45) is 0 Å². The van der Waals surface area contributed by atoms with E-state index in [4.69, 9.17) is 30.2 Å². The normalized spacial score (nSPS) is 16.9. The Labute approximate surface area is 344 Å². The topological polar surface area (TPSA) is 162 Å². The zero-order valence-electron chi connectivity index (χ0n) is 32.2. The summed E-state index contributed by atoms with van der Waals surface area (Å²) in [4.78, 5) is 65.3. The number of nitrogens with zero attached hydrogens (tertiary/aromatic N) is 3. The van der Waals surface area contributed by atoms with Crippen LogP contribution in [0.4, 0.5) is 29.3 Å². The summed E-state index contributed by atoms with van der Waals surface area (Å²) in [5, 5.41) is 3.90. The molecule has 0 radical (unpaired) electrons. The number of hydrogen-bond donors (Lipinski definition) is 3. The van der Waals surface area contributed by atoms with E-state index in [1.54, 1.807) is 53.4 Å². The second kappa shape index (κ2) is 15.4. The van der Waals surface area contributed by atoms with Gasteiger partial charge in [-0.2, -0.15) is 13.2 Å². The molecule has 18 heteroatoms. The first-order valence-electron chi connectivity index (χ1n) is 19.5. The number of hydrogen-bond acceptors (Lipinski definition) is 9. The number of methoxy groups -OCH3 is 1. The molecule has 9 rings (SSSR count). The maximum atomic E-state index is 14.6. The van der Waals surface area contributed by atoms with Crippen molar-refractivity contribution in [3.8, 4) is 11.5 Å². The van der Waals surface area contributed by atoms with Crippen LogP contribution in [-0.4, -0.2) is 95.6 Å². The fraction of sp³-hybridized carbons (Fsp3) is 0.333. The molecule has 312 valence electrons. The monoisotopic (exact) mass is 846 g/mol. The lowest BCUT2D eigenvalue weighted by molar-refractivity contribution is -0.141. The molecule has 0 aliphatic carbocycles. The number of para-hydroxylation sites is 1. The van der Waals surface area contributed by atoms with Crippen LogP contribution in [0.1, 0.15) is 68.3 Å². The molecule has 3 aromatic heterocycles. The predicted octanol–water partition coefficient (Wildman–Crippen LogP) is 8.29. The molecule has 0 saturated carbocycles. The van der Waals surface area contributed by atoms with Crippen LogP contribution in [0.5, 0.6) is 11.5 Å². The van der Waals surface area contributed by atoms with E-state index in [0.29, 0.717) is 46.4 Å². The van der Waals surface area contributed by atoms with E-state index in [-0.39, 0.29) is 58.4 Å². The highest BCUT2D eigenvalue weighted by Crippen LogP contribution is 2.46. The van der Waals surface area contributed by atoms with Crippen LogP contribution in [0, 0.1) is 0 Å². The van der Waals surface area contributed by atoms with Crippen LogP contribution >= 0.6 is 11.6 Å². The lowest BCUT2D eigenvalue weighted by Crippen LogP contribution is -2.43. The van der Waals surface area contributed by atoms with Gasteiger partial charge in [-0.25, -0.2) is 9.59 Å². The molecular formula is C42H38ClF3N6O8. The van der Waals surface area contributed by atoms with Gasteiger partial charge in [0.05, 0.1) is 23.9 Å². The number of fused-ring (bicyclic) bond motifs is 5. The number of amides is 3. The van der Waals surface area contributed by atoms with Gasteiger partial charge in [-0.05, 0) is 87.2 Å². The lowest BCUT2D eigenvalue weighted by atomic mass is 10.0. The van der Waals surface area contributed by atoms with Crippen LogP contribution in [0.25, 0.3) is 32.8 Å². The van der Waals surface area contributed by atoms with Crippen molar-refractivity contribution < 1.29 is 51.0 Å². The Hall–Kier alpha value is -6.20. The van der Waals surface area contributed by atoms with E-state index >= 15 is 0 Å². The number of likely N-dealkylation sites (tertiary alicyclic amines) is 2. The summed E-state index contributed by atoms with van der Waals surface area (Å²) in [6, 6.07) is 14.0. The number of aromatic amines is 2. The van der Waals surface area contributed by atoms with Gasteiger partial charge in [0, 0.05) is 59.1 Å². The number of aromatic nitrogens is 2. The highest BCUT2D eigenvalue weighted by molar-refractivity contribution is 6.19. The van der Waals surface area contributed by atoms with Gasteiger partial charge < -0.3 is 48.6 Å². The van der Waals surface area contributed by atoms with Crippen LogP contribution in [0.2, 0.25) is 0 Å². The second-order valence-corrected chi connectivity index (χ2v) is 15.3. The zero-order chi connectivity index (χ0) is 41.9. The Kier molecular flexibility index (Phi) is 10.1. The van der Waals surface area contributed by atoms with E-state index in [2.05, 4.69) is 20.2 Å². The highest BCUT2D eigenvalue weighted by atomic mass is 35.5. The SMILES string of the molecule is COc1cccc2cc(C(=O)Nc3ccc4[nH]c(C(=O)N5CCc6c5cc(OC(=O)N5CCC[C@H]5CN5CCCC5)c5[nH]c(C(F)(F)F)c(C(=O)OCCl)c65)cc4c3)oc12. The first kappa shape index (κ1) is 39.3. The minimum atomic E-state index is -5.04. The lowest BCUT2D eigenvalue weighted by Gasteiger charge is -2.28. The second-order valence-electron chi connectivity index (χ2n) is 15.0. The molecule has 60 heavy (non-hydrogen) atoms. The Morgan fingerprint density at radius 3 is 2.53 bits per heavy atom. The summed E-state index contributed by atoms with van der Waals surface area (Å²) in [5.41, 5.74) is -0.484. The summed E-state index contributed by atoms with van der Waals surface area (Å²) in [5.74, 6) is -2.10. The molecule has 0 spiro atoms. The number of halogens is 4. The van der Waals surface area contributed by atoms with Gasteiger partial charge in [0.25, 0.3) is 11.8 Å². The summed E-state index contributed by atoms with van der Waals surface area (Å²) >= 11 is 5.65. The first-order valence-corrected chi connectivity index (χ1v) is 20.0. The number of ether oxygens (including phenoxy) is 3. The molecule has 6 aromatic rings. The molecule has 6 heterocycles. The molecule has 3 N–H and O–H groups in total. The molecule has 2 saturated heterocycles. The average Bonchev–Trinajstić information content (AvgIpc) is 4.07. The summed E-state index contributed by atoms with van der Waals surface area (Å²) in [7, 11) is 1.50. The molecule has 0 bridgehead atoms. The third-order valence-electron chi connectivity index (χ3n) is 11.5. The smallest absolute Gasteiger partial charge is 0.432 e. The van der Waals surface area contributed by atoms with E-state index in [9.17, 15) is 32.3 Å². The Bertz CT molecular complexity index is 2700. The molecule has 2 fully saturated rings. The first-order chi connectivity index (χ1) is 28.9. The zero-order valence-corrected chi connectivity index (χ0v) is 32.9. The Morgan fingerprint density at radius 1 is 0.950 bits per heavy atom. The summed E-state index contributed by atoms with van der Waals surface area (Å²) in [6.45, 7) is 2.93. The van der Waals surface area contributed by atoms with Gasteiger partial charge in [0.2, 0.25) is 0 Å². The molecule has 3 aliphatic heterocycles. The Balaban J connectivity index is 1.04. The maximum Gasteiger partial charge on any atom is 0.432 e. The van der Waals surface area contributed by atoms with Crippen molar-refractivity contribution in [2.75, 3.05) is 56.1 Å². The maximum absolute atomic E-state index is 14.6. The number of esters is 1. The molecular weight excluding hydrogens is 809 g/mol. The number of anilines is 2. The third-order valence-corrected chi connectivity index (χ3v) is 11.6. The standard InChI is InChI=1S/C42H38ClF3N6O8/c1-57-30-8-4-6-22-18-32(59-36(22)30)38(53)47-24-9-10-27-23(16-24)17-28(48-27)39(54)52-15-11-26-29(52)19-31(35-33(26)34(40(55)58-21-43)37(49-35)42(44,45)46)60-41(56)51-14-5-7-25(51)20-50-12-2-3-13-50/h4,6,8-10,16-19,25,48-49H,2-3,5,7,11-15,20-21H2,1H3,(H,47,53)/t25-/m0/s1. The van der Waals surface area contributed by atoms with Gasteiger partial charge in [0.1, 0.15) is 11.4 Å². The molecule has 0 unspecified atom stereocenters. The van der Waals surface area contributed by atoms with Gasteiger partial charge >= 0.3 is 18.2 Å². The largest absolute Gasteiger partial charge is 0.493 e. The summed E-state index contributed by atoms with van der Waals surface area (Å²) in [6.07, 6.45) is -2.10. The third kappa shape index (κ3) is 7.04. The quantitative estimate of drug-likeness (QED) is 0.0960. The van der Waals surface area contributed by atoms with Crippen molar-refractivity contribution in [3.05, 3.63) is 82.9 Å². The van der Waals surface area contributed by atoms with Gasteiger partial charge in [-0.3, -0.25) is 9.59 Å². The molecule has 3 aliphatic rings. The number of furan rings is 1. The van der Waals surface area contributed by atoms with E-state index < -0.39 is 47.4 Å². The van der Waals surface area contributed by atoms with Crippen molar-refractivity contribution in [2.45, 2.75) is 44.3 Å². The van der Waals surface area contributed by atoms with Crippen molar-refractivity contribution in [3.63, 3.8) is 0 Å². The molecule has 14 nitrogen and oxygen atoms in total. The highest BCUT2D eigenvalue weighted by Gasteiger charge is 2.43. The number of carbonyl (C=O) groups is 4. The van der Waals surface area contributed by atoms with Crippen LogP contribution in [0.3, 0.4) is 0 Å². The van der Waals surface area contributed by atoms with Crippen LogP contribution in [-0.2, 0) is 17.3 Å². The minimum absolute atomic E-state index is 0.0280. The molecule has 1 atom stereocenters. The van der Waals surface area contributed by atoms with Crippen molar-refractivity contribution in [1.82, 2.24) is 19.8 Å². The van der Waals surface area contributed by atoms with Gasteiger partial charge in [-0.15, -0.1) is 0 Å². The number of carbonyl (C=O) groups excluding carboxylic acids is 4. The number of benzene rings is 3. The number of rotatable bonds is 9. The average molecular weight is 847 g/mol. The minimum Gasteiger partial charge on any atom is -0.493 e. The van der Waals surface area contributed by atoms with Crippen LogP contribution in [0.15, 0.2) is 59.0 Å². The number of alkyl halides is 4. The van der Waals surface area contributed by atoms with Crippen molar-refractivity contribution >= 4 is 79.6 Å². The van der Waals surface area contributed by atoms with Crippen LogP contribution < -0.4 is 19.7 Å². The van der Waals surface area contributed by atoms with Crippen molar-refractivity contribution in [1.29, 1.82) is 0 Å². The molecule has 3 amide bonds. The van der Waals surface area contributed by atoms with E-state index in [1.807, 2.05) is 0 Å². The number of H-pyrrole nitrogens is 2.